The monoisotopic (exact) mass is 254 g/mol. The molecule has 1 aliphatic rings. The topological polar surface area (TPSA) is 61.7 Å². The molecule has 1 fully saturated rings. The molecule has 0 atom stereocenters. The van der Waals surface area contributed by atoms with E-state index in [0.717, 1.165) is 17.3 Å². The van der Waals surface area contributed by atoms with Gasteiger partial charge in [0, 0.05) is 5.02 Å². The molecule has 2 N–H and O–H groups in total. The predicted octanol–water partition coefficient (Wildman–Crippen LogP) is 2.29. The molecule has 0 aromatic heterocycles. The minimum atomic E-state index is -0.294. The Kier molecular flexibility index (Phi) is 3.17. The van der Waals surface area contributed by atoms with E-state index in [9.17, 15) is 4.79 Å². The van der Waals surface area contributed by atoms with Crippen molar-refractivity contribution in [3.8, 4) is 0 Å². The van der Waals surface area contributed by atoms with Crippen LogP contribution in [0.2, 0.25) is 5.02 Å². The molecule has 1 aromatic rings. The van der Waals surface area contributed by atoms with Crippen LogP contribution in [0.5, 0.6) is 0 Å². The highest BCUT2D eigenvalue weighted by Crippen LogP contribution is 2.27. The number of benzene rings is 1. The molecule has 82 valence electrons. The number of amides is 1. The Balaban J connectivity index is 2.33. The Morgan fingerprint density at radius 2 is 2.19 bits per heavy atom. The van der Waals surface area contributed by atoms with Gasteiger partial charge in [-0.3, -0.25) is 10.1 Å². The Hall–Kier alpha value is -1.46. The Morgan fingerprint density at radius 1 is 1.44 bits per heavy atom. The zero-order chi connectivity index (χ0) is 11.5. The van der Waals surface area contributed by atoms with Crippen LogP contribution in [-0.2, 0) is 4.79 Å². The highest BCUT2D eigenvalue weighted by atomic mass is 35.5. The molecule has 0 unspecified atom stereocenters. The normalized spacial score (nSPS) is 20.4. The third-order valence-corrected chi connectivity index (χ3v) is 3.18. The van der Waals surface area contributed by atoms with Crippen molar-refractivity contribution in [3.05, 3.63) is 39.8 Å². The Bertz CT molecular complexity index is 499. The third-order valence-electron chi connectivity index (χ3n) is 1.93. The number of nitrogens with one attached hydrogen (secondary N) is 1. The molecule has 1 saturated heterocycles. The van der Waals surface area contributed by atoms with Gasteiger partial charge in [-0.2, -0.15) is 0 Å². The molecule has 1 aliphatic heterocycles. The summed E-state index contributed by atoms with van der Waals surface area (Å²) in [6.45, 7) is 0. The van der Waals surface area contributed by atoms with E-state index in [4.69, 9.17) is 16.8 Å². The number of nitrogens with zero attached hydrogens (tertiary/aromatic N) is 1. The summed E-state index contributed by atoms with van der Waals surface area (Å²) in [6, 6.07) is 7.19. The lowest BCUT2D eigenvalue weighted by Crippen LogP contribution is -2.19. The molecule has 1 aromatic carbocycles. The van der Waals surface area contributed by atoms with Crippen molar-refractivity contribution in [2.24, 2.45) is 5.16 Å². The van der Waals surface area contributed by atoms with E-state index in [2.05, 4.69) is 10.5 Å². The Morgan fingerprint density at radius 3 is 2.81 bits per heavy atom. The summed E-state index contributed by atoms with van der Waals surface area (Å²) in [5.74, 6) is -0.294. The number of rotatable bonds is 1. The van der Waals surface area contributed by atoms with Gasteiger partial charge in [0.25, 0.3) is 5.91 Å². The van der Waals surface area contributed by atoms with Crippen molar-refractivity contribution in [2.75, 3.05) is 0 Å². The van der Waals surface area contributed by atoms with Crippen LogP contribution in [0.1, 0.15) is 5.56 Å². The summed E-state index contributed by atoms with van der Waals surface area (Å²) < 4.78 is 0. The van der Waals surface area contributed by atoms with Gasteiger partial charge in [0.2, 0.25) is 5.17 Å². The molecule has 0 saturated carbocycles. The maximum absolute atomic E-state index is 11.4. The van der Waals surface area contributed by atoms with Crippen LogP contribution in [0.25, 0.3) is 6.08 Å². The lowest BCUT2D eigenvalue weighted by molar-refractivity contribution is -0.115. The first-order chi connectivity index (χ1) is 7.70. The molecule has 16 heavy (non-hydrogen) atoms. The number of oxime groups is 1. The number of thioether (sulfide) groups is 1. The van der Waals surface area contributed by atoms with Gasteiger partial charge in [0.1, 0.15) is 0 Å². The van der Waals surface area contributed by atoms with Crippen molar-refractivity contribution in [3.63, 3.8) is 0 Å². The minimum Gasteiger partial charge on any atom is -0.409 e. The first-order valence-corrected chi connectivity index (χ1v) is 5.57. The molecule has 0 bridgehead atoms. The van der Waals surface area contributed by atoms with Gasteiger partial charge in [-0.25, -0.2) is 0 Å². The third kappa shape index (κ3) is 2.20. The molecule has 4 nitrogen and oxygen atoms in total. The molecule has 1 heterocycles. The highest BCUT2D eigenvalue weighted by Gasteiger charge is 2.24. The zero-order valence-corrected chi connectivity index (χ0v) is 9.55. The lowest BCUT2D eigenvalue weighted by Gasteiger charge is -1.97. The average molecular weight is 255 g/mol. The molecule has 0 spiro atoms. The van der Waals surface area contributed by atoms with Gasteiger partial charge in [-0.1, -0.05) is 35.0 Å². The number of carbonyl (C=O) groups excluding carboxylic acids is 1. The highest BCUT2D eigenvalue weighted by molar-refractivity contribution is 8.18. The fourth-order valence-corrected chi connectivity index (χ4v) is 2.12. The minimum absolute atomic E-state index is 0.170. The van der Waals surface area contributed by atoms with Gasteiger partial charge >= 0.3 is 0 Å². The van der Waals surface area contributed by atoms with Gasteiger partial charge in [-0.05, 0) is 29.5 Å². The number of hydrogen-bond acceptors (Lipinski definition) is 4. The zero-order valence-electron chi connectivity index (χ0n) is 7.98. The largest absolute Gasteiger partial charge is 0.409 e. The number of amidine groups is 1. The molecular formula is C10H7ClN2O2S. The number of hydrogen-bond donors (Lipinski definition) is 2. The summed E-state index contributed by atoms with van der Waals surface area (Å²) in [4.78, 5) is 11.9. The van der Waals surface area contributed by atoms with Crippen molar-refractivity contribution in [1.82, 2.24) is 5.32 Å². The SMILES string of the molecule is O=C1N/C(=N/O)S/C1=C/c1ccccc1Cl. The molecule has 0 radical (unpaired) electrons. The van der Waals surface area contributed by atoms with E-state index in [0.29, 0.717) is 9.93 Å². The molecule has 6 heteroatoms. The number of halogens is 1. The van der Waals surface area contributed by atoms with Gasteiger partial charge in [0.05, 0.1) is 4.91 Å². The molecule has 1 amide bonds. The second kappa shape index (κ2) is 4.59. The first kappa shape index (κ1) is 11.0. The van der Waals surface area contributed by atoms with E-state index in [1.54, 1.807) is 18.2 Å². The van der Waals surface area contributed by atoms with E-state index in [-0.39, 0.29) is 11.1 Å². The second-order valence-corrected chi connectivity index (χ2v) is 4.43. The van der Waals surface area contributed by atoms with E-state index in [1.165, 1.54) is 0 Å². The summed E-state index contributed by atoms with van der Waals surface area (Å²) in [7, 11) is 0. The van der Waals surface area contributed by atoms with E-state index >= 15 is 0 Å². The fourth-order valence-electron chi connectivity index (χ4n) is 1.21. The molecule has 2 rings (SSSR count). The standard InChI is InChI=1S/C10H7ClN2O2S/c11-7-4-2-1-3-6(7)5-8-9(14)12-10(13-15)16-8/h1-5,15H,(H,12,13,14)/b8-5+. The molecular weight excluding hydrogens is 248 g/mol. The van der Waals surface area contributed by atoms with Crippen molar-refractivity contribution in [2.45, 2.75) is 0 Å². The van der Waals surface area contributed by atoms with E-state index < -0.39 is 0 Å². The van der Waals surface area contributed by atoms with Crippen LogP contribution in [0.4, 0.5) is 0 Å². The van der Waals surface area contributed by atoms with Gasteiger partial charge in [0.15, 0.2) is 0 Å². The Labute approximate surface area is 101 Å². The summed E-state index contributed by atoms with van der Waals surface area (Å²) >= 11 is 7.02. The van der Waals surface area contributed by atoms with Gasteiger partial charge in [-0.15, -0.1) is 0 Å². The van der Waals surface area contributed by atoms with Crippen LogP contribution in [0, 0.1) is 0 Å². The van der Waals surface area contributed by atoms with Gasteiger partial charge < -0.3 is 5.21 Å². The van der Waals surface area contributed by atoms with E-state index in [1.807, 2.05) is 12.1 Å². The van der Waals surface area contributed by atoms with Crippen LogP contribution in [-0.4, -0.2) is 16.3 Å². The number of carbonyl (C=O) groups is 1. The average Bonchev–Trinajstić information content (AvgIpc) is 2.63. The maximum atomic E-state index is 11.4. The summed E-state index contributed by atoms with van der Waals surface area (Å²) in [5.41, 5.74) is 0.751. The summed E-state index contributed by atoms with van der Waals surface area (Å²) in [5, 5.41) is 14.6. The van der Waals surface area contributed by atoms with Crippen molar-refractivity contribution < 1.29 is 10.0 Å². The maximum Gasteiger partial charge on any atom is 0.264 e. The summed E-state index contributed by atoms with van der Waals surface area (Å²) in [6.07, 6.45) is 1.65. The van der Waals surface area contributed by atoms with Crippen LogP contribution < -0.4 is 5.32 Å². The van der Waals surface area contributed by atoms with Crippen LogP contribution in [0.15, 0.2) is 34.3 Å². The lowest BCUT2D eigenvalue weighted by atomic mass is 10.2. The quantitative estimate of drug-likeness (QED) is 0.459. The predicted molar refractivity (Wildman–Crippen MR) is 64.4 cm³/mol. The van der Waals surface area contributed by atoms with Crippen LogP contribution >= 0.6 is 23.4 Å². The van der Waals surface area contributed by atoms with Crippen LogP contribution in [0.3, 0.4) is 0 Å². The molecule has 0 aliphatic carbocycles. The van der Waals surface area contributed by atoms with Crippen molar-refractivity contribution >= 4 is 40.5 Å². The van der Waals surface area contributed by atoms with Crippen molar-refractivity contribution in [1.29, 1.82) is 0 Å². The second-order valence-electron chi connectivity index (χ2n) is 2.99. The first-order valence-electron chi connectivity index (χ1n) is 4.38. The fraction of sp³-hybridized carbons (Fsp3) is 0. The smallest absolute Gasteiger partial charge is 0.264 e.